The lowest BCUT2D eigenvalue weighted by molar-refractivity contribution is 0.191. The van der Waals surface area contributed by atoms with Gasteiger partial charge < -0.3 is 19.4 Å². The highest BCUT2D eigenvalue weighted by atomic mass is 16.5. The number of nitrogens with zero attached hydrogens (tertiary/aromatic N) is 3. The number of benzene rings is 3. The normalized spacial score (nSPS) is 14.6. The van der Waals surface area contributed by atoms with Crippen LogP contribution in [0.4, 0.5) is 0 Å². The van der Waals surface area contributed by atoms with E-state index in [1.165, 1.54) is 5.56 Å². The second-order valence-electron chi connectivity index (χ2n) is 11.4. The molecule has 6 heteroatoms. The van der Waals surface area contributed by atoms with Gasteiger partial charge >= 0.3 is 0 Å². The standard InChI is InChI=1S/C33H42N4O2/c1-5-6-18-37-31-24-28(38-22-21-36-19-16-34-17-20-36)14-15-30(31)35-32(37)25-8-7-9-29(23-25)39-27-12-10-26(11-13-27)33(2,3)4/h7-15,23-24,34H,5-6,16-22H2,1-4H3. The smallest absolute Gasteiger partial charge is 0.141 e. The molecule has 3 aromatic carbocycles. The molecule has 6 nitrogen and oxygen atoms in total. The highest BCUT2D eigenvalue weighted by molar-refractivity contribution is 5.82. The molecule has 1 fully saturated rings. The van der Waals surface area contributed by atoms with Crippen molar-refractivity contribution < 1.29 is 9.47 Å². The van der Waals surface area contributed by atoms with Crippen molar-refractivity contribution in [1.82, 2.24) is 19.8 Å². The Morgan fingerprint density at radius 3 is 2.38 bits per heavy atom. The molecule has 0 bridgehead atoms. The van der Waals surface area contributed by atoms with Gasteiger partial charge in [0.1, 0.15) is 29.7 Å². The van der Waals surface area contributed by atoms with Crippen LogP contribution in [-0.2, 0) is 12.0 Å². The molecule has 0 radical (unpaired) electrons. The van der Waals surface area contributed by atoms with Gasteiger partial charge in [0.25, 0.3) is 0 Å². The lowest BCUT2D eigenvalue weighted by Gasteiger charge is -2.26. The Labute approximate surface area is 233 Å². The van der Waals surface area contributed by atoms with Crippen LogP contribution >= 0.6 is 0 Å². The van der Waals surface area contributed by atoms with Crippen molar-refractivity contribution in [2.24, 2.45) is 0 Å². The number of ether oxygens (including phenoxy) is 2. The summed E-state index contributed by atoms with van der Waals surface area (Å²) >= 11 is 0. The molecule has 0 amide bonds. The van der Waals surface area contributed by atoms with E-state index in [0.29, 0.717) is 6.61 Å². The fourth-order valence-corrected chi connectivity index (χ4v) is 5.04. The van der Waals surface area contributed by atoms with Crippen LogP contribution in [0.25, 0.3) is 22.4 Å². The first-order valence-corrected chi connectivity index (χ1v) is 14.4. The van der Waals surface area contributed by atoms with E-state index in [9.17, 15) is 0 Å². The summed E-state index contributed by atoms with van der Waals surface area (Å²) in [7, 11) is 0. The maximum Gasteiger partial charge on any atom is 0.141 e. The van der Waals surface area contributed by atoms with E-state index in [1.807, 2.05) is 30.3 Å². The van der Waals surface area contributed by atoms with Gasteiger partial charge in [0.15, 0.2) is 0 Å². The molecule has 206 valence electrons. The fourth-order valence-electron chi connectivity index (χ4n) is 5.04. The van der Waals surface area contributed by atoms with Crippen molar-refractivity contribution in [3.63, 3.8) is 0 Å². The fraction of sp³-hybridized carbons (Fsp3) is 0.424. The number of unbranched alkanes of at least 4 members (excludes halogenated alkanes) is 1. The molecule has 0 aliphatic carbocycles. The number of imidazole rings is 1. The number of nitrogens with one attached hydrogen (secondary N) is 1. The molecule has 0 atom stereocenters. The Hall–Kier alpha value is -3.35. The molecule has 1 aromatic heterocycles. The predicted octanol–water partition coefficient (Wildman–Crippen LogP) is 6.88. The summed E-state index contributed by atoms with van der Waals surface area (Å²) in [5.74, 6) is 3.51. The average Bonchev–Trinajstić information content (AvgIpc) is 3.30. The highest BCUT2D eigenvalue weighted by Gasteiger charge is 2.16. The average molecular weight is 527 g/mol. The van der Waals surface area contributed by atoms with Crippen LogP contribution in [0.5, 0.6) is 17.2 Å². The van der Waals surface area contributed by atoms with Crippen molar-refractivity contribution in [3.8, 4) is 28.6 Å². The van der Waals surface area contributed by atoms with Crippen LogP contribution in [0.2, 0.25) is 0 Å². The first kappa shape index (κ1) is 27.2. The van der Waals surface area contributed by atoms with E-state index in [-0.39, 0.29) is 5.41 Å². The third-order valence-electron chi connectivity index (χ3n) is 7.39. The van der Waals surface area contributed by atoms with Crippen LogP contribution < -0.4 is 14.8 Å². The molecule has 1 N–H and O–H groups in total. The van der Waals surface area contributed by atoms with Crippen LogP contribution in [0.3, 0.4) is 0 Å². The zero-order valence-corrected chi connectivity index (χ0v) is 23.9. The number of fused-ring (bicyclic) bond motifs is 1. The predicted molar refractivity (Wildman–Crippen MR) is 160 cm³/mol. The van der Waals surface area contributed by atoms with E-state index >= 15 is 0 Å². The lowest BCUT2D eigenvalue weighted by atomic mass is 9.87. The maximum atomic E-state index is 6.25. The SMILES string of the molecule is CCCCn1c(-c2cccc(Oc3ccc(C(C)(C)C)cc3)c2)nc2ccc(OCCN3CCNCC3)cc21. The molecule has 39 heavy (non-hydrogen) atoms. The summed E-state index contributed by atoms with van der Waals surface area (Å²) in [5, 5.41) is 3.40. The van der Waals surface area contributed by atoms with E-state index in [0.717, 1.165) is 91.8 Å². The number of piperazine rings is 1. The van der Waals surface area contributed by atoms with E-state index in [1.54, 1.807) is 0 Å². The van der Waals surface area contributed by atoms with Gasteiger partial charge in [0.05, 0.1) is 11.0 Å². The summed E-state index contributed by atoms with van der Waals surface area (Å²) in [4.78, 5) is 7.51. The Bertz CT molecular complexity index is 1360. The van der Waals surface area contributed by atoms with Crippen molar-refractivity contribution >= 4 is 11.0 Å². The molecule has 1 saturated heterocycles. The van der Waals surface area contributed by atoms with Gasteiger partial charge in [-0.2, -0.15) is 0 Å². The minimum Gasteiger partial charge on any atom is -0.492 e. The Morgan fingerprint density at radius 1 is 0.872 bits per heavy atom. The monoisotopic (exact) mass is 526 g/mol. The van der Waals surface area contributed by atoms with Crippen LogP contribution in [-0.4, -0.2) is 53.8 Å². The third-order valence-corrected chi connectivity index (χ3v) is 7.39. The van der Waals surface area contributed by atoms with Gasteiger partial charge in [-0.05, 0) is 53.8 Å². The minimum atomic E-state index is 0.117. The molecule has 5 rings (SSSR count). The quantitative estimate of drug-likeness (QED) is 0.244. The number of aryl methyl sites for hydroxylation is 1. The molecule has 1 aliphatic rings. The number of aromatic nitrogens is 2. The summed E-state index contributed by atoms with van der Waals surface area (Å²) in [6, 6.07) is 22.9. The second kappa shape index (κ2) is 12.2. The van der Waals surface area contributed by atoms with E-state index in [4.69, 9.17) is 14.5 Å². The van der Waals surface area contributed by atoms with Gasteiger partial charge in [-0.1, -0.05) is 58.4 Å². The minimum absolute atomic E-state index is 0.117. The molecule has 1 aliphatic heterocycles. The Kier molecular flexibility index (Phi) is 8.53. The second-order valence-corrected chi connectivity index (χ2v) is 11.4. The highest BCUT2D eigenvalue weighted by Crippen LogP contribution is 2.32. The molecular weight excluding hydrogens is 484 g/mol. The maximum absolute atomic E-state index is 6.25. The molecule has 0 saturated carbocycles. The zero-order chi connectivity index (χ0) is 27.2. The summed E-state index contributed by atoms with van der Waals surface area (Å²) in [6.45, 7) is 15.7. The van der Waals surface area contributed by atoms with Crippen LogP contribution in [0.15, 0.2) is 66.7 Å². The molecule has 0 spiro atoms. The van der Waals surface area contributed by atoms with Gasteiger partial charge in [-0.25, -0.2) is 4.98 Å². The Morgan fingerprint density at radius 2 is 1.64 bits per heavy atom. The van der Waals surface area contributed by atoms with E-state index < -0.39 is 0 Å². The number of rotatable bonds is 10. The number of hydrogen-bond donors (Lipinski definition) is 1. The van der Waals surface area contributed by atoms with Gasteiger partial charge in [-0.3, -0.25) is 4.90 Å². The van der Waals surface area contributed by atoms with Gasteiger partial charge in [-0.15, -0.1) is 0 Å². The van der Waals surface area contributed by atoms with E-state index in [2.05, 4.69) is 78.9 Å². The zero-order valence-electron chi connectivity index (χ0n) is 23.9. The first-order chi connectivity index (χ1) is 18.9. The van der Waals surface area contributed by atoms with Gasteiger partial charge in [0, 0.05) is 50.9 Å². The molecule has 2 heterocycles. The summed E-state index contributed by atoms with van der Waals surface area (Å²) < 4.78 is 14.8. The third kappa shape index (κ3) is 6.81. The molecular formula is C33H42N4O2. The summed E-state index contributed by atoms with van der Waals surface area (Å²) in [5.41, 5.74) is 4.56. The van der Waals surface area contributed by atoms with Gasteiger partial charge in [0.2, 0.25) is 0 Å². The Balaban J connectivity index is 1.37. The number of hydrogen-bond acceptors (Lipinski definition) is 5. The lowest BCUT2D eigenvalue weighted by Crippen LogP contribution is -2.44. The summed E-state index contributed by atoms with van der Waals surface area (Å²) in [6.07, 6.45) is 2.20. The first-order valence-electron chi connectivity index (χ1n) is 14.4. The van der Waals surface area contributed by atoms with Crippen molar-refractivity contribution in [2.45, 2.75) is 52.5 Å². The molecule has 4 aromatic rings. The van der Waals surface area contributed by atoms with Crippen LogP contribution in [0.1, 0.15) is 46.1 Å². The van der Waals surface area contributed by atoms with Crippen molar-refractivity contribution in [1.29, 1.82) is 0 Å². The van der Waals surface area contributed by atoms with Crippen LogP contribution in [0, 0.1) is 0 Å². The largest absolute Gasteiger partial charge is 0.492 e. The molecule has 0 unspecified atom stereocenters. The van der Waals surface area contributed by atoms with Crippen molar-refractivity contribution in [3.05, 3.63) is 72.3 Å². The topological polar surface area (TPSA) is 51.6 Å². The van der Waals surface area contributed by atoms with Crippen molar-refractivity contribution in [2.75, 3.05) is 39.3 Å².